The highest BCUT2D eigenvalue weighted by Gasteiger charge is 2.15. The number of nitrogens with one attached hydrogen (secondary N) is 1. The quantitative estimate of drug-likeness (QED) is 0.269. The standard InChI is InChI=1S/C23H33N7.HI/c1-6-24-23(28(4)16-21-17-29(5)27-22(21)18(2)3)25-14-19-9-7-10-20(13-19)15-30-12-8-11-26-30;/h7-13,17-18H,6,14-16H2,1-5H3,(H,24,25);1H. The second kappa shape index (κ2) is 11.9. The van der Waals surface area contributed by atoms with Gasteiger partial charge in [-0.3, -0.25) is 9.36 Å². The second-order valence-corrected chi connectivity index (χ2v) is 7.92. The monoisotopic (exact) mass is 535 g/mol. The van der Waals surface area contributed by atoms with Gasteiger partial charge >= 0.3 is 0 Å². The molecule has 0 bridgehead atoms. The predicted molar refractivity (Wildman–Crippen MR) is 137 cm³/mol. The summed E-state index contributed by atoms with van der Waals surface area (Å²) in [7, 11) is 4.05. The molecule has 0 spiro atoms. The molecule has 0 aliphatic carbocycles. The van der Waals surface area contributed by atoms with Gasteiger partial charge in [-0.2, -0.15) is 10.2 Å². The van der Waals surface area contributed by atoms with E-state index < -0.39 is 0 Å². The van der Waals surface area contributed by atoms with Crippen molar-refractivity contribution in [3.05, 3.63) is 71.3 Å². The Labute approximate surface area is 202 Å². The summed E-state index contributed by atoms with van der Waals surface area (Å²) in [6.07, 6.45) is 5.89. The third-order valence-corrected chi connectivity index (χ3v) is 4.89. The summed E-state index contributed by atoms with van der Waals surface area (Å²) in [5.74, 6) is 1.29. The first-order chi connectivity index (χ1) is 14.5. The molecular weight excluding hydrogens is 501 g/mol. The molecule has 0 saturated carbocycles. The number of aromatic nitrogens is 4. The molecule has 0 unspecified atom stereocenters. The van der Waals surface area contributed by atoms with Crippen LogP contribution in [-0.4, -0.2) is 44.0 Å². The topological polar surface area (TPSA) is 63.3 Å². The molecule has 0 saturated heterocycles. The molecule has 1 N–H and O–H groups in total. The molecule has 2 aromatic heterocycles. The van der Waals surface area contributed by atoms with Gasteiger partial charge in [0.15, 0.2) is 5.96 Å². The van der Waals surface area contributed by atoms with E-state index in [1.54, 1.807) is 6.20 Å². The molecule has 2 heterocycles. The molecule has 0 fully saturated rings. The summed E-state index contributed by atoms with van der Waals surface area (Å²) in [5, 5.41) is 12.3. The molecule has 0 aliphatic heterocycles. The fourth-order valence-corrected chi connectivity index (χ4v) is 3.54. The second-order valence-electron chi connectivity index (χ2n) is 7.92. The minimum Gasteiger partial charge on any atom is -0.357 e. The molecule has 0 radical (unpaired) electrons. The van der Waals surface area contributed by atoms with Crippen molar-refractivity contribution in [2.75, 3.05) is 13.6 Å². The summed E-state index contributed by atoms with van der Waals surface area (Å²) in [6.45, 7) is 9.45. The number of hydrogen-bond acceptors (Lipinski definition) is 3. The number of aliphatic imine (C=N–C) groups is 1. The number of rotatable bonds is 8. The van der Waals surface area contributed by atoms with E-state index in [4.69, 9.17) is 4.99 Å². The predicted octanol–water partition coefficient (Wildman–Crippen LogP) is 4.00. The lowest BCUT2D eigenvalue weighted by atomic mass is 10.1. The zero-order valence-corrected chi connectivity index (χ0v) is 21.4. The molecule has 31 heavy (non-hydrogen) atoms. The fraction of sp³-hybridized carbons (Fsp3) is 0.435. The van der Waals surface area contributed by atoms with Gasteiger partial charge in [-0.15, -0.1) is 24.0 Å². The van der Waals surface area contributed by atoms with E-state index in [2.05, 4.69) is 78.7 Å². The Morgan fingerprint density at radius 1 is 1.23 bits per heavy atom. The normalized spacial score (nSPS) is 11.5. The number of benzene rings is 1. The molecule has 0 aliphatic rings. The summed E-state index contributed by atoms with van der Waals surface area (Å²) in [6, 6.07) is 10.5. The van der Waals surface area contributed by atoms with Crippen LogP contribution in [-0.2, 0) is 26.7 Å². The minimum atomic E-state index is 0. The molecule has 0 amide bonds. The number of guanidine groups is 1. The zero-order chi connectivity index (χ0) is 21.5. The van der Waals surface area contributed by atoms with Gasteiger partial charge in [0.1, 0.15) is 0 Å². The van der Waals surface area contributed by atoms with Crippen LogP contribution in [0.1, 0.15) is 49.1 Å². The third kappa shape index (κ3) is 7.09. The van der Waals surface area contributed by atoms with Gasteiger partial charge in [0.25, 0.3) is 0 Å². The smallest absolute Gasteiger partial charge is 0.194 e. The van der Waals surface area contributed by atoms with Gasteiger partial charge in [-0.25, -0.2) is 4.99 Å². The van der Waals surface area contributed by atoms with Crippen molar-refractivity contribution in [1.82, 2.24) is 29.8 Å². The van der Waals surface area contributed by atoms with Crippen molar-refractivity contribution in [2.45, 2.75) is 46.3 Å². The minimum absolute atomic E-state index is 0. The van der Waals surface area contributed by atoms with Gasteiger partial charge in [-0.1, -0.05) is 38.1 Å². The first-order valence-electron chi connectivity index (χ1n) is 10.5. The lowest BCUT2D eigenvalue weighted by Crippen LogP contribution is -2.38. The van der Waals surface area contributed by atoms with Crippen molar-refractivity contribution < 1.29 is 0 Å². The van der Waals surface area contributed by atoms with Gasteiger partial charge in [0.2, 0.25) is 0 Å². The average Bonchev–Trinajstić information content (AvgIpc) is 3.34. The highest BCUT2D eigenvalue weighted by atomic mass is 127. The number of aryl methyl sites for hydroxylation is 1. The van der Waals surface area contributed by atoms with Crippen molar-refractivity contribution in [3.8, 4) is 0 Å². The van der Waals surface area contributed by atoms with Crippen LogP contribution in [0.3, 0.4) is 0 Å². The largest absolute Gasteiger partial charge is 0.357 e. The SMILES string of the molecule is CCNC(=NCc1cccc(Cn2cccn2)c1)N(C)Cc1cn(C)nc1C(C)C.I. The van der Waals surface area contributed by atoms with E-state index >= 15 is 0 Å². The molecule has 0 atom stereocenters. The maximum Gasteiger partial charge on any atom is 0.194 e. The van der Waals surface area contributed by atoms with Crippen LogP contribution in [0.25, 0.3) is 0 Å². The van der Waals surface area contributed by atoms with Crippen molar-refractivity contribution >= 4 is 29.9 Å². The Morgan fingerprint density at radius 3 is 2.68 bits per heavy atom. The summed E-state index contributed by atoms with van der Waals surface area (Å²) >= 11 is 0. The summed E-state index contributed by atoms with van der Waals surface area (Å²) in [4.78, 5) is 7.05. The van der Waals surface area contributed by atoms with Gasteiger partial charge in [0, 0.05) is 51.3 Å². The highest BCUT2D eigenvalue weighted by molar-refractivity contribution is 14.0. The lowest BCUT2D eigenvalue weighted by Gasteiger charge is -2.22. The highest BCUT2D eigenvalue weighted by Crippen LogP contribution is 2.18. The average molecular weight is 535 g/mol. The number of hydrogen-bond donors (Lipinski definition) is 1. The van der Waals surface area contributed by atoms with Crippen molar-refractivity contribution in [1.29, 1.82) is 0 Å². The van der Waals surface area contributed by atoms with Crippen molar-refractivity contribution in [3.63, 3.8) is 0 Å². The molecule has 1 aromatic carbocycles. The summed E-state index contributed by atoms with van der Waals surface area (Å²) < 4.78 is 3.83. The fourth-order valence-electron chi connectivity index (χ4n) is 3.54. The van der Waals surface area contributed by atoms with E-state index in [0.29, 0.717) is 12.5 Å². The van der Waals surface area contributed by atoms with Gasteiger partial charge < -0.3 is 10.2 Å². The molecular formula is C23H34IN7. The molecule has 168 valence electrons. The first-order valence-corrected chi connectivity index (χ1v) is 10.5. The van der Waals surface area contributed by atoms with Crippen LogP contribution in [0.5, 0.6) is 0 Å². The van der Waals surface area contributed by atoms with Crippen molar-refractivity contribution in [2.24, 2.45) is 12.0 Å². The Kier molecular flexibility index (Phi) is 9.54. The van der Waals surface area contributed by atoms with E-state index in [1.165, 1.54) is 16.7 Å². The Bertz CT molecular complexity index is 960. The first kappa shape index (κ1) is 24.9. The Hall–Kier alpha value is -2.36. The maximum atomic E-state index is 4.88. The van der Waals surface area contributed by atoms with Crippen LogP contribution in [0.4, 0.5) is 0 Å². The molecule has 7 nitrogen and oxygen atoms in total. The van der Waals surface area contributed by atoms with E-state index in [0.717, 1.165) is 31.3 Å². The van der Waals surface area contributed by atoms with E-state index in [9.17, 15) is 0 Å². The number of nitrogens with zero attached hydrogens (tertiary/aromatic N) is 6. The van der Waals surface area contributed by atoms with Crippen LogP contribution >= 0.6 is 24.0 Å². The Morgan fingerprint density at radius 2 is 2.00 bits per heavy atom. The molecule has 3 aromatic rings. The van der Waals surface area contributed by atoms with E-state index in [1.807, 2.05) is 28.7 Å². The molecule has 8 heteroatoms. The van der Waals surface area contributed by atoms with E-state index in [-0.39, 0.29) is 24.0 Å². The van der Waals surface area contributed by atoms with Crippen LogP contribution in [0.15, 0.2) is 53.9 Å². The lowest BCUT2D eigenvalue weighted by molar-refractivity contribution is 0.473. The maximum absolute atomic E-state index is 4.88. The zero-order valence-electron chi connectivity index (χ0n) is 19.1. The van der Waals surface area contributed by atoms with Crippen LogP contribution in [0.2, 0.25) is 0 Å². The Balaban J connectivity index is 0.00000341. The van der Waals surface area contributed by atoms with Crippen LogP contribution in [0, 0.1) is 0 Å². The van der Waals surface area contributed by atoms with Gasteiger partial charge in [-0.05, 0) is 30.0 Å². The number of halogens is 1. The molecule has 3 rings (SSSR count). The van der Waals surface area contributed by atoms with Crippen LogP contribution < -0.4 is 5.32 Å². The van der Waals surface area contributed by atoms with Gasteiger partial charge in [0.05, 0.1) is 18.8 Å². The summed E-state index contributed by atoms with van der Waals surface area (Å²) in [5.41, 5.74) is 4.79. The third-order valence-electron chi connectivity index (χ3n) is 4.89.